The van der Waals surface area contributed by atoms with E-state index in [1.165, 1.54) is 6.08 Å². The van der Waals surface area contributed by atoms with Gasteiger partial charge in [-0.2, -0.15) is 0 Å². The molecular formula is C11H13NO2. The second-order valence-corrected chi connectivity index (χ2v) is 3.24. The normalized spacial score (nSPS) is 10.7. The van der Waals surface area contributed by atoms with Gasteiger partial charge in [-0.15, -0.1) is 0 Å². The summed E-state index contributed by atoms with van der Waals surface area (Å²) < 4.78 is 0. The number of aryl methyl sites for hydroxylation is 2. The summed E-state index contributed by atoms with van der Waals surface area (Å²) in [4.78, 5) is 10.5. The third-order valence-electron chi connectivity index (χ3n) is 1.95. The van der Waals surface area contributed by atoms with Crippen molar-refractivity contribution >= 4 is 12.0 Å². The van der Waals surface area contributed by atoms with Crippen LogP contribution in [0, 0.1) is 13.8 Å². The molecule has 1 aromatic carbocycles. The van der Waals surface area contributed by atoms with Crippen LogP contribution in [0.5, 0.6) is 5.75 Å². The number of phenols is 1. The van der Waals surface area contributed by atoms with Gasteiger partial charge in [-0.05, 0) is 48.7 Å². The maximum Gasteiger partial charge on any atom is 0.241 e. The van der Waals surface area contributed by atoms with Gasteiger partial charge in [0.05, 0.1) is 0 Å². The highest BCUT2D eigenvalue weighted by Gasteiger charge is 2.01. The number of hydrogen-bond donors (Lipinski definition) is 2. The Morgan fingerprint density at radius 1 is 1.36 bits per heavy atom. The molecule has 0 bridgehead atoms. The number of rotatable bonds is 2. The van der Waals surface area contributed by atoms with Crippen molar-refractivity contribution in [2.24, 2.45) is 5.73 Å². The molecule has 0 saturated carbocycles. The fourth-order valence-electron chi connectivity index (χ4n) is 1.26. The van der Waals surface area contributed by atoms with E-state index in [0.29, 0.717) is 5.75 Å². The summed E-state index contributed by atoms with van der Waals surface area (Å²) in [6.07, 6.45) is 2.92. The first kappa shape index (κ1) is 10.3. The van der Waals surface area contributed by atoms with Crippen molar-refractivity contribution < 1.29 is 9.90 Å². The van der Waals surface area contributed by atoms with Crippen molar-refractivity contribution in [3.63, 3.8) is 0 Å². The topological polar surface area (TPSA) is 63.3 Å². The highest BCUT2D eigenvalue weighted by molar-refractivity contribution is 5.90. The molecule has 0 unspecified atom stereocenters. The van der Waals surface area contributed by atoms with Gasteiger partial charge in [-0.3, -0.25) is 4.79 Å². The molecule has 1 rings (SSSR count). The molecule has 0 fully saturated rings. The summed E-state index contributed by atoms with van der Waals surface area (Å²) in [5, 5.41) is 9.49. The van der Waals surface area contributed by atoms with Crippen molar-refractivity contribution in [3.8, 4) is 5.75 Å². The highest BCUT2D eigenvalue weighted by Crippen LogP contribution is 2.23. The van der Waals surface area contributed by atoms with Gasteiger partial charge in [0.2, 0.25) is 5.91 Å². The van der Waals surface area contributed by atoms with E-state index >= 15 is 0 Å². The maximum absolute atomic E-state index is 10.5. The molecule has 0 heterocycles. The predicted octanol–water partition coefficient (Wildman–Crippen LogP) is 1.51. The van der Waals surface area contributed by atoms with Crippen LogP contribution >= 0.6 is 0 Å². The van der Waals surface area contributed by atoms with Gasteiger partial charge in [0.25, 0.3) is 0 Å². The standard InChI is InChI=1S/C11H13NO2/c1-7-5-9(3-4-10(12)13)6-8(2)11(7)14/h3-6,14H,1-2H3,(H2,12,13)/b4-3+. The van der Waals surface area contributed by atoms with Gasteiger partial charge >= 0.3 is 0 Å². The van der Waals surface area contributed by atoms with Crippen LogP contribution in [-0.4, -0.2) is 11.0 Å². The molecule has 3 N–H and O–H groups in total. The van der Waals surface area contributed by atoms with Crippen molar-refractivity contribution in [2.45, 2.75) is 13.8 Å². The minimum absolute atomic E-state index is 0.293. The lowest BCUT2D eigenvalue weighted by Crippen LogP contribution is -2.05. The zero-order valence-electron chi connectivity index (χ0n) is 8.24. The summed E-state index contributed by atoms with van der Waals surface area (Å²) in [5.74, 6) is -0.186. The second-order valence-electron chi connectivity index (χ2n) is 3.24. The molecule has 3 nitrogen and oxygen atoms in total. The van der Waals surface area contributed by atoms with Crippen LogP contribution in [0.1, 0.15) is 16.7 Å². The van der Waals surface area contributed by atoms with Gasteiger partial charge in [0.1, 0.15) is 5.75 Å². The molecular weight excluding hydrogens is 178 g/mol. The number of benzene rings is 1. The Bertz CT molecular complexity index is 371. The van der Waals surface area contributed by atoms with E-state index in [1.54, 1.807) is 18.2 Å². The van der Waals surface area contributed by atoms with Crippen LogP contribution in [0.25, 0.3) is 6.08 Å². The number of hydrogen-bond acceptors (Lipinski definition) is 2. The van der Waals surface area contributed by atoms with Gasteiger partial charge in [-0.25, -0.2) is 0 Å². The molecule has 0 aliphatic rings. The smallest absolute Gasteiger partial charge is 0.241 e. The third-order valence-corrected chi connectivity index (χ3v) is 1.95. The van der Waals surface area contributed by atoms with Crippen LogP contribution < -0.4 is 5.73 Å². The van der Waals surface area contributed by atoms with Crippen molar-refractivity contribution in [2.75, 3.05) is 0 Å². The average molecular weight is 191 g/mol. The van der Waals surface area contributed by atoms with E-state index in [-0.39, 0.29) is 0 Å². The van der Waals surface area contributed by atoms with Crippen molar-refractivity contribution in [1.82, 2.24) is 0 Å². The van der Waals surface area contributed by atoms with Crippen LogP contribution in [0.4, 0.5) is 0 Å². The Morgan fingerprint density at radius 3 is 2.29 bits per heavy atom. The molecule has 3 heteroatoms. The van der Waals surface area contributed by atoms with E-state index in [9.17, 15) is 9.90 Å². The number of nitrogens with two attached hydrogens (primary N) is 1. The number of carbonyl (C=O) groups is 1. The van der Waals surface area contributed by atoms with Gasteiger partial charge in [0, 0.05) is 6.08 Å². The lowest BCUT2D eigenvalue weighted by atomic mass is 10.1. The summed E-state index contributed by atoms with van der Waals surface area (Å²) in [6.45, 7) is 3.62. The second kappa shape index (κ2) is 3.96. The van der Waals surface area contributed by atoms with Crippen molar-refractivity contribution in [3.05, 3.63) is 34.9 Å². The molecule has 14 heavy (non-hydrogen) atoms. The largest absolute Gasteiger partial charge is 0.507 e. The molecule has 0 saturated heterocycles. The van der Waals surface area contributed by atoms with E-state index in [1.807, 2.05) is 13.8 Å². The number of amides is 1. The molecule has 74 valence electrons. The minimum Gasteiger partial charge on any atom is -0.507 e. The molecule has 0 aliphatic heterocycles. The molecule has 0 aromatic heterocycles. The molecule has 0 aliphatic carbocycles. The van der Waals surface area contributed by atoms with Crippen molar-refractivity contribution in [1.29, 1.82) is 0 Å². The Hall–Kier alpha value is -1.77. The number of phenolic OH excluding ortho intramolecular Hbond substituents is 1. The first-order chi connectivity index (χ1) is 6.50. The number of carbonyl (C=O) groups excluding carboxylic acids is 1. The lowest BCUT2D eigenvalue weighted by molar-refractivity contribution is -0.113. The number of primary amides is 1. The predicted molar refractivity (Wildman–Crippen MR) is 55.8 cm³/mol. The molecule has 1 amide bonds. The Kier molecular flexibility index (Phi) is 2.92. The van der Waals surface area contributed by atoms with Crippen LogP contribution in [0.2, 0.25) is 0 Å². The van der Waals surface area contributed by atoms with Gasteiger partial charge in [0.15, 0.2) is 0 Å². The highest BCUT2D eigenvalue weighted by atomic mass is 16.3. The Labute approximate surface area is 82.9 Å². The SMILES string of the molecule is Cc1cc(/C=C/C(N)=O)cc(C)c1O. The first-order valence-corrected chi connectivity index (χ1v) is 4.28. The first-order valence-electron chi connectivity index (χ1n) is 4.28. The lowest BCUT2D eigenvalue weighted by Gasteiger charge is -2.04. The summed E-state index contributed by atoms with van der Waals surface area (Å²) in [5.41, 5.74) is 7.40. The molecule has 0 radical (unpaired) electrons. The van der Waals surface area contributed by atoms with Crippen LogP contribution in [-0.2, 0) is 4.79 Å². The van der Waals surface area contributed by atoms with E-state index in [2.05, 4.69) is 0 Å². The number of aromatic hydroxyl groups is 1. The summed E-state index contributed by atoms with van der Waals surface area (Å²) in [6, 6.07) is 3.59. The Morgan fingerprint density at radius 2 is 1.86 bits per heavy atom. The van der Waals surface area contributed by atoms with Crippen LogP contribution in [0.15, 0.2) is 18.2 Å². The molecule has 0 atom stereocenters. The van der Waals surface area contributed by atoms with Gasteiger partial charge in [-0.1, -0.05) is 0 Å². The molecule has 0 spiro atoms. The Balaban J connectivity index is 3.07. The summed E-state index contributed by atoms with van der Waals surface area (Å²) >= 11 is 0. The van der Waals surface area contributed by atoms with Crippen LogP contribution in [0.3, 0.4) is 0 Å². The average Bonchev–Trinajstić information content (AvgIpc) is 2.10. The minimum atomic E-state index is -0.478. The maximum atomic E-state index is 10.5. The third kappa shape index (κ3) is 2.36. The zero-order valence-corrected chi connectivity index (χ0v) is 8.24. The van der Waals surface area contributed by atoms with E-state index in [4.69, 9.17) is 5.73 Å². The van der Waals surface area contributed by atoms with Gasteiger partial charge < -0.3 is 10.8 Å². The van der Waals surface area contributed by atoms with E-state index in [0.717, 1.165) is 16.7 Å². The fraction of sp³-hybridized carbons (Fsp3) is 0.182. The fourth-order valence-corrected chi connectivity index (χ4v) is 1.26. The van der Waals surface area contributed by atoms with E-state index < -0.39 is 5.91 Å². The zero-order chi connectivity index (χ0) is 10.7. The molecule has 1 aromatic rings. The quantitative estimate of drug-likeness (QED) is 0.696. The summed E-state index contributed by atoms with van der Waals surface area (Å²) in [7, 11) is 0. The monoisotopic (exact) mass is 191 g/mol.